The van der Waals surface area contributed by atoms with E-state index in [9.17, 15) is 0 Å². The minimum atomic E-state index is -4.55. The summed E-state index contributed by atoms with van der Waals surface area (Å²) in [4.78, 5) is 0. The van der Waals surface area contributed by atoms with E-state index in [1.165, 1.54) is 0 Å². The molecule has 0 saturated carbocycles. The standard InChI is InChI=1S/C36H28Br16O8Si/c37-29(38,33(45,46)57-25-13-5-1-6-14-25)21-53-61(54-22-30(39,40)34(47,48)58-26-15-7-2-8-16-26,55-23-31(41,42)35(49,50)59-27-17-9-3-10-18-27)56-24-32(43,44)36(51,52)60-28-19-11-4-12-20-28/h1-20H,21-24H2. The summed E-state index contributed by atoms with van der Waals surface area (Å²) in [5, 5.41) is 0. The summed E-state index contributed by atoms with van der Waals surface area (Å²) < 4.78 is 42.2. The molecule has 61 heavy (non-hydrogen) atoms. The maximum Gasteiger partial charge on any atom is 0.680 e. The van der Waals surface area contributed by atoms with Crippen LogP contribution in [0.1, 0.15) is 0 Å². The molecule has 4 rings (SSSR count). The summed E-state index contributed by atoms with van der Waals surface area (Å²) >= 11 is 59.5. The van der Waals surface area contributed by atoms with Crippen molar-refractivity contribution in [2.75, 3.05) is 26.4 Å². The second-order valence-electron chi connectivity index (χ2n) is 12.2. The van der Waals surface area contributed by atoms with Crippen molar-refractivity contribution in [3.63, 3.8) is 0 Å². The van der Waals surface area contributed by atoms with Gasteiger partial charge in [0.15, 0.2) is 12.9 Å². The molecule has 0 aliphatic carbocycles. The van der Waals surface area contributed by atoms with Gasteiger partial charge >= 0.3 is 9.05 Å². The van der Waals surface area contributed by atoms with E-state index < -0.39 is 35.7 Å². The number of para-hydroxylation sites is 4. The molecule has 0 fully saturated rings. The van der Waals surface area contributed by atoms with Crippen LogP contribution in [-0.4, -0.2) is 62.1 Å². The molecule has 0 saturated heterocycles. The van der Waals surface area contributed by atoms with Gasteiger partial charge in [0, 0.05) is 0 Å². The highest BCUT2D eigenvalue weighted by Crippen LogP contribution is 2.54. The van der Waals surface area contributed by atoms with E-state index in [1.54, 1.807) is 0 Å². The molecular formula is C36H28Br16O8Si. The normalized spacial score (nSPS) is 13.8. The Kier molecular flexibility index (Phi) is 22.9. The van der Waals surface area contributed by atoms with Crippen LogP contribution in [-0.2, 0) is 17.7 Å². The van der Waals surface area contributed by atoms with Crippen LogP contribution in [0.5, 0.6) is 23.0 Å². The topological polar surface area (TPSA) is 73.8 Å². The first-order valence-electron chi connectivity index (χ1n) is 16.7. The third-order valence-corrected chi connectivity index (χ3v) is 30.9. The molecule has 0 radical (unpaired) electrons. The van der Waals surface area contributed by atoms with Crippen LogP contribution in [0.25, 0.3) is 0 Å². The SMILES string of the molecule is BrC(Br)(CO[Si](OCC(Br)(Br)C(Br)(Br)Oc1ccccc1)(OCC(Br)(Br)C(Br)(Br)Oc1ccccc1)OCC(Br)(Br)C(Br)(Br)Oc1ccccc1)C(Br)(Br)Oc1ccccc1. The van der Waals surface area contributed by atoms with Gasteiger partial charge in [0.1, 0.15) is 23.0 Å². The molecule has 0 spiro atoms. The van der Waals surface area contributed by atoms with Gasteiger partial charge in [-0.2, -0.15) is 0 Å². The van der Waals surface area contributed by atoms with Gasteiger partial charge in [0.25, 0.3) is 0 Å². The van der Waals surface area contributed by atoms with Crippen molar-refractivity contribution in [1.29, 1.82) is 0 Å². The summed E-state index contributed by atoms with van der Waals surface area (Å²) in [5.74, 6) is 2.22. The van der Waals surface area contributed by atoms with Crippen LogP contribution < -0.4 is 18.9 Å². The molecule has 0 atom stereocenters. The van der Waals surface area contributed by atoms with Gasteiger partial charge in [-0.1, -0.05) is 200 Å². The Hall–Kier alpha value is 3.82. The fraction of sp³-hybridized carbons (Fsp3) is 0.333. The highest BCUT2D eigenvalue weighted by Gasteiger charge is 2.60. The molecule has 25 heteroatoms. The molecule has 336 valence electrons. The zero-order valence-corrected chi connectivity index (χ0v) is 56.6. The fourth-order valence-electron chi connectivity index (χ4n) is 4.15. The van der Waals surface area contributed by atoms with E-state index in [4.69, 9.17) is 36.7 Å². The molecule has 0 amide bonds. The van der Waals surface area contributed by atoms with Crippen LogP contribution in [0.15, 0.2) is 121 Å². The highest BCUT2D eigenvalue weighted by atomic mass is 79.9. The second-order valence-corrected chi connectivity index (χ2v) is 42.6. The number of ether oxygens (including phenoxy) is 4. The zero-order valence-electron chi connectivity index (χ0n) is 30.2. The predicted molar refractivity (Wildman–Crippen MR) is 303 cm³/mol. The van der Waals surface area contributed by atoms with E-state index >= 15 is 0 Å². The van der Waals surface area contributed by atoms with E-state index in [1.807, 2.05) is 121 Å². The zero-order chi connectivity index (χ0) is 45.4. The van der Waals surface area contributed by atoms with Crippen molar-refractivity contribution in [3.8, 4) is 23.0 Å². The Labute approximate surface area is 490 Å². The number of hydrogen-bond donors (Lipinski definition) is 0. The summed E-state index contributed by atoms with van der Waals surface area (Å²) in [5.41, 5.74) is 0. The number of hydrogen-bond acceptors (Lipinski definition) is 8. The number of rotatable bonds is 24. The van der Waals surface area contributed by atoms with Crippen molar-refractivity contribution >= 4 is 264 Å². The first-order valence-corrected chi connectivity index (χ1v) is 31.0. The first kappa shape index (κ1) is 57.4. The fourth-order valence-corrected chi connectivity index (χ4v) is 11.9. The third-order valence-electron chi connectivity index (χ3n) is 7.38. The quantitative estimate of drug-likeness (QED) is 0.0507. The molecule has 0 aromatic heterocycles. The number of benzene rings is 4. The average Bonchev–Trinajstić information content (AvgIpc) is 3.18. The Bertz CT molecular complexity index is 1670. The summed E-state index contributed by atoms with van der Waals surface area (Å²) in [6.45, 7) is -0.865. The maximum absolute atomic E-state index is 6.80. The van der Waals surface area contributed by atoms with Gasteiger partial charge in [-0.25, -0.2) is 0 Å². The first-order chi connectivity index (χ1) is 28.1. The lowest BCUT2D eigenvalue weighted by molar-refractivity contribution is -0.0439. The van der Waals surface area contributed by atoms with Crippen molar-refractivity contribution < 1.29 is 36.7 Å². The van der Waals surface area contributed by atoms with Crippen LogP contribution >= 0.6 is 255 Å². The molecule has 0 aliphatic rings. The van der Waals surface area contributed by atoms with Crippen molar-refractivity contribution in [1.82, 2.24) is 0 Å². The van der Waals surface area contributed by atoms with Crippen LogP contribution in [0.4, 0.5) is 0 Å². The predicted octanol–water partition coefficient (Wildman–Crippen LogP) is 17.5. The van der Waals surface area contributed by atoms with Crippen molar-refractivity contribution in [2.45, 2.75) is 26.6 Å². The Morgan fingerprint density at radius 2 is 0.443 bits per heavy atom. The Morgan fingerprint density at radius 3 is 0.607 bits per heavy atom. The van der Waals surface area contributed by atoms with Crippen LogP contribution in [0, 0.1) is 0 Å². The van der Waals surface area contributed by atoms with E-state index in [-0.39, 0.29) is 26.4 Å². The molecule has 0 bridgehead atoms. The molecule has 4 aromatic carbocycles. The monoisotopic (exact) mass is 1880 g/mol. The van der Waals surface area contributed by atoms with Gasteiger partial charge in [-0.3, -0.25) is 0 Å². The minimum Gasteiger partial charge on any atom is -0.464 e. The van der Waals surface area contributed by atoms with Crippen LogP contribution in [0.2, 0.25) is 0 Å². The molecule has 4 aromatic rings. The van der Waals surface area contributed by atoms with Crippen LogP contribution in [0.3, 0.4) is 0 Å². The van der Waals surface area contributed by atoms with Crippen molar-refractivity contribution in [2.24, 2.45) is 0 Å². The smallest absolute Gasteiger partial charge is 0.464 e. The average molecular weight is 1900 g/mol. The summed E-state index contributed by atoms with van der Waals surface area (Å²) in [7, 11) is -4.55. The van der Waals surface area contributed by atoms with Crippen molar-refractivity contribution in [3.05, 3.63) is 121 Å². The third kappa shape index (κ3) is 17.0. The van der Waals surface area contributed by atoms with Gasteiger partial charge in [-0.05, 0) is 176 Å². The second kappa shape index (κ2) is 24.3. The number of alkyl halides is 16. The van der Waals surface area contributed by atoms with E-state index in [2.05, 4.69) is 255 Å². The summed E-state index contributed by atoms with van der Waals surface area (Å²) in [6, 6.07) is 36.8. The highest BCUT2D eigenvalue weighted by molar-refractivity contribution is 9.32. The Morgan fingerprint density at radius 1 is 0.279 bits per heavy atom. The summed E-state index contributed by atoms with van der Waals surface area (Å²) in [6.07, 6.45) is 0. The van der Waals surface area contributed by atoms with Gasteiger partial charge < -0.3 is 36.7 Å². The van der Waals surface area contributed by atoms with E-state index in [0.29, 0.717) is 23.0 Å². The molecule has 0 N–H and O–H groups in total. The maximum atomic E-state index is 6.80. The van der Waals surface area contributed by atoms with Gasteiger partial charge in [-0.15, -0.1) is 0 Å². The lowest BCUT2D eigenvalue weighted by atomic mass is 10.3. The molecule has 0 unspecified atom stereocenters. The molecule has 0 heterocycles. The van der Waals surface area contributed by atoms with Gasteiger partial charge in [0.2, 0.25) is 13.7 Å². The largest absolute Gasteiger partial charge is 0.680 e. The Balaban J connectivity index is 1.76. The van der Waals surface area contributed by atoms with E-state index in [0.717, 1.165) is 0 Å². The van der Waals surface area contributed by atoms with Gasteiger partial charge in [0.05, 0.1) is 26.4 Å². The lowest BCUT2D eigenvalue weighted by Gasteiger charge is -2.41. The lowest BCUT2D eigenvalue weighted by Crippen LogP contribution is -2.59. The number of halogens is 16. The minimum absolute atomic E-state index is 0.216. The molecule has 0 aliphatic heterocycles. The molecular weight excluding hydrogens is 1870 g/mol. The molecule has 8 nitrogen and oxygen atoms in total.